The van der Waals surface area contributed by atoms with E-state index in [4.69, 9.17) is 11.6 Å². The maximum absolute atomic E-state index is 12.2. The number of carbonyl (C=O) groups is 2. The van der Waals surface area contributed by atoms with E-state index in [1.807, 2.05) is 19.1 Å². The third-order valence-corrected chi connectivity index (χ3v) is 5.04. The fourth-order valence-corrected chi connectivity index (χ4v) is 3.33. The van der Waals surface area contributed by atoms with Gasteiger partial charge in [-0.25, -0.2) is 0 Å². The van der Waals surface area contributed by atoms with E-state index in [9.17, 15) is 9.59 Å². The van der Waals surface area contributed by atoms with E-state index in [1.165, 1.54) is 32.6 Å². The maximum Gasteiger partial charge on any atom is 0.223 e. The Bertz CT molecular complexity index is 581. The molecule has 1 aliphatic carbocycles. The van der Waals surface area contributed by atoms with Gasteiger partial charge in [-0.2, -0.15) is 0 Å². The molecule has 4 nitrogen and oxygen atoms in total. The maximum atomic E-state index is 12.2. The van der Waals surface area contributed by atoms with Gasteiger partial charge in [-0.15, -0.1) is 0 Å². The largest absolute Gasteiger partial charge is 0.353 e. The minimum Gasteiger partial charge on any atom is -0.353 e. The van der Waals surface area contributed by atoms with Crippen LogP contribution in [-0.2, 0) is 9.59 Å². The molecule has 1 aromatic carbocycles. The fraction of sp³-hybridized carbons (Fsp3) is 0.579. The highest BCUT2D eigenvalue weighted by Crippen LogP contribution is 2.23. The van der Waals surface area contributed by atoms with Gasteiger partial charge in [0.25, 0.3) is 0 Å². The van der Waals surface area contributed by atoms with Gasteiger partial charge in [0.05, 0.1) is 0 Å². The predicted octanol–water partition coefficient (Wildman–Crippen LogP) is 4.23. The van der Waals surface area contributed by atoms with Crippen LogP contribution in [0.4, 0.5) is 5.69 Å². The molecule has 0 aromatic heterocycles. The highest BCUT2D eigenvalue weighted by atomic mass is 35.5. The first-order valence-corrected chi connectivity index (χ1v) is 9.19. The summed E-state index contributed by atoms with van der Waals surface area (Å²) in [5.74, 6) is -0.0662. The topological polar surface area (TPSA) is 49.4 Å². The van der Waals surface area contributed by atoms with Crippen molar-refractivity contribution in [1.82, 2.24) is 5.32 Å². The van der Waals surface area contributed by atoms with Gasteiger partial charge < -0.3 is 10.2 Å². The second kappa shape index (κ2) is 9.07. The quantitative estimate of drug-likeness (QED) is 0.808. The standard InChI is InChI=1S/C19H27ClN2O2/c1-14-9-10-17(13-18(14)20)22(15(2)23)12-11-19(24)21-16-7-5-3-4-6-8-16/h9-10,13,16H,3-8,11-12H2,1-2H3,(H,21,24). The van der Waals surface area contributed by atoms with Gasteiger partial charge in [-0.05, 0) is 37.5 Å². The van der Waals surface area contributed by atoms with E-state index in [0.29, 0.717) is 24.0 Å². The average Bonchev–Trinajstić information content (AvgIpc) is 2.79. The van der Waals surface area contributed by atoms with Crippen molar-refractivity contribution in [2.75, 3.05) is 11.4 Å². The summed E-state index contributed by atoms with van der Waals surface area (Å²) < 4.78 is 0. The van der Waals surface area contributed by atoms with Crippen LogP contribution in [0, 0.1) is 6.92 Å². The minimum absolute atomic E-state index is 0.0198. The lowest BCUT2D eigenvalue weighted by Gasteiger charge is -2.22. The zero-order valence-electron chi connectivity index (χ0n) is 14.6. The summed E-state index contributed by atoms with van der Waals surface area (Å²) >= 11 is 6.15. The first-order chi connectivity index (χ1) is 11.5. The summed E-state index contributed by atoms with van der Waals surface area (Å²) in [6, 6.07) is 5.83. The lowest BCUT2D eigenvalue weighted by Crippen LogP contribution is -2.38. The molecule has 2 amide bonds. The Hall–Kier alpha value is -1.55. The summed E-state index contributed by atoms with van der Waals surface area (Å²) in [5.41, 5.74) is 1.70. The molecule has 1 N–H and O–H groups in total. The normalized spacial score (nSPS) is 15.6. The number of hydrogen-bond donors (Lipinski definition) is 1. The van der Waals surface area contributed by atoms with Crippen LogP contribution in [-0.4, -0.2) is 24.4 Å². The number of halogens is 1. The van der Waals surface area contributed by atoms with Gasteiger partial charge in [-0.1, -0.05) is 43.4 Å². The van der Waals surface area contributed by atoms with Crippen LogP contribution < -0.4 is 10.2 Å². The molecule has 24 heavy (non-hydrogen) atoms. The van der Waals surface area contributed by atoms with Crippen molar-refractivity contribution in [1.29, 1.82) is 0 Å². The van der Waals surface area contributed by atoms with Crippen LogP contribution in [0.25, 0.3) is 0 Å². The number of amides is 2. The van der Waals surface area contributed by atoms with Crippen molar-refractivity contribution in [3.63, 3.8) is 0 Å². The summed E-state index contributed by atoms with van der Waals surface area (Å²) in [7, 11) is 0. The number of nitrogens with one attached hydrogen (secondary N) is 1. The summed E-state index contributed by atoms with van der Waals surface area (Å²) in [5, 5.41) is 3.75. The number of benzene rings is 1. The van der Waals surface area contributed by atoms with Gasteiger partial charge in [0.1, 0.15) is 0 Å². The van der Waals surface area contributed by atoms with Crippen molar-refractivity contribution in [3.05, 3.63) is 28.8 Å². The van der Waals surface area contributed by atoms with E-state index < -0.39 is 0 Å². The Balaban J connectivity index is 1.92. The van der Waals surface area contributed by atoms with Crippen LogP contribution in [0.3, 0.4) is 0 Å². The molecule has 0 saturated heterocycles. The fourth-order valence-electron chi connectivity index (χ4n) is 3.15. The van der Waals surface area contributed by atoms with E-state index in [0.717, 1.165) is 24.1 Å². The molecular weight excluding hydrogens is 324 g/mol. The average molecular weight is 351 g/mol. The van der Waals surface area contributed by atoms with Gasteiger partial charge >= 0.3 is 0 Å². The molecule has 0 unspecified atom stereocenters. The van der Waals surface area contributed by atoms with Gasteiger partial charge in [-0.3, -0.25) is 9.59 Å². The number of rotatable bonds is 5. The van der Waals surface area contributed by atoms with E-state index in [2.05, 4.69) is 5.32 Å². The van der Waals surface area contributed by atoms with Crippen molar-refractivity contribution < 1.29 is 9.59 Å². The number of hydrogen-bond acceptors (Lipinski definition) is 2. The second-order valence-electron chi connectivity index (χ2n) is 6.61. The number of nitrogens with zero attached hydrogens (tertiary/aromatic N) is 1. The zero-order valence-corrected chi connectivity index (χ0v) is 15.4. The molecule has 0 aliphatic heterocycles. The number of carbonyl (C=O) groups excluding carboxylic acids is 2. The van der Waals surface area contributed by atoms with Crippen LogP contribution in [0.5, 0.6) is 0 Å². The highest BCUT2D eigenvalue weighted by molar-refractivity contribution is 6.31. The molecule has 1 saturated carbocycles. The molecule has 1 aliphatic rings. The second-order valence-corrected chi connectivity index (χ2v) is 7.02. The minimum atomic E-state index is -0.0859. The zero-order chi connectivity index (χ0) is 17.5. The van der Waals surface area contributed by atoms with Gasteiger partial charge in [0, 0.05) is 36.6 Å². The Morgan fingerprint density at radius 1 is 1.21 bits per heavy atom. The predicted molar refractivity (Wildman–Crippen MR) is 98.5 cm³/mol. The number of anilines is 1. The van der Waals surface area contributed by atoms with E-state index in [-0.39, 0.29) is 11.8 Å². The Morgan fingerprint density at radius 3 is 2.46 bits per heavy atom. The lowest BCUT2D eigenvalue weighted by molar-refractivity contribution is -0.121. The third kappa shape index (κ3) is 5.52. The summed E-state index contributed by atoms with van der Waals surface area (Å²) in [6.45, 7) is 3.80. The molecule has 5 heteroatoms. The Labute approximate surface area is 149 Å². The van der Waals surface area contributed by atoms with Gasteiger partial charge in [0.2, 0.25) is 11.8 Å². The molecule has 1 aromatic rings. The molecule has 1 fully saturated rings. The molecule has 0 spiro atoms. The Kier molecular flexibility index (Phi) is 7.10. The molecule has 132 valence electrons. The van der Waals surface area contributed by atoms with Crippen LogP contribution >= 0.6 is 11.6 Å². The van der Waals surface area contributed by atoms with Crippen molar-refractivity contribution >= 4 is 29.1 Å². The van der Waals surface area contributed by atoms with Crippen molar-refractivity contribution in [2.24, 2.45) is 0 Å². The van der Waals surface area contributed by atoms with Crippen LogP contribution in [0.1, 0.15) is 57.4 Å². The first-order valence-electron chi connectivity index (χ1n) is 8.81. The third-order valence-electron chi connectivity index (χ3n) is 4.63. The molecule has 0 bridgehead atoms. The molecular formula is C19H27ClN2O2. The van der Waals surface area contributed by atoms with Gasteiger partial charge in [0.15, 0.2) is 0 Å². The smallest absolute Gasteiger partial charge is 0.223 e. The lowest BCUT2D eigenvalue weighted by atomic mass is 10.1. The van der Waals surface area contributed by atoms with Crippen LogP contribution in [0.2, 0.25) is 5.02 Å². The van der Waals surface area contributed by atoms with E-state index >= 15 is 0 Å². The van der Waals surface area contributed by atoms with Crippen molar-refractivity contribution in [3.8, 4) is 0 Å². The molecule has 0 heterocycles. The molecule has 2 rings (SSSR count). The van der Waals surface area contributed by atoms with Crippen molar-refractivity contribution in [2.45, 2.75) is 64.8 Å². The first kappa shape index (κ1) is 18.8. The summed E-state index contributed by atoms with van der Waals surface area (Å²) in [4.78, 5) is 25.8. The monoisotopic (exact) mass is 350 g/mol. The highest BCUT2D eigenvalue weighted by Gasteiger charge is 2.17. The molecule has 0 atom stereocenters. The Morgan fingerprint density at radius 2 is 1.88 bits per heavy atom. The molecule has 0 radical (unpaired) electrons. The number of aryl methyl sites for hydroxylation is 1. The SMILES string of the molecule is CC(=O)N(CCC(=O)NC1CCCCCC1)c1ccc(C)c(Cl)c1. The summed E-state index contributed by atoms with van der Waals surface area (Å²) in [6.07, 6.45) is 7.34. The van der Waals surface area contributed by atoms with Crippen LogP contribution in [0.15, 0.2) is 18.2 Å². The van der Waals surface area contributed by atoms with E-state index in [1.54, 1.807) is 11.0 Å².